The predicted octanol–water partition coefficient (Wildman–Crippen LogP) is 1.65. The van der Waals surface area contributed by atoms with Gasteiger partial charge in [-0.05, 0) is 44.9 Å². The number of aliphatic hydroxyl groups is 1. The molecule has 0 saturated carbocycles. The van der Waals surface area contributed by atoms with Crippen LogP contribution in [0.4, 0.5) is 0 Å². The van der Waals surface area contributed by atoms with Gasteiger partial charge in [-0.1, -0.05) is 12.1 Å². The number of hydrogen-bond acceptors (Lipinski definition) is 3. The number of ether oxygens (including phenoxy) is 1. The molecular formula is C14H21NO3. The molecule has 1 rings (SSSR count). The molecule has 1 aromatic rings. The topological polar surface area (TPSA) is 58.6 Å². The van der Waals surface area contributed by atoms with Gasteiger partial charge in [0.2, 0.25) is 0 Å². The van der Waals surface area contributed by atoms with Gasteiger partial charge in [0.1, 0.15) is 5.75 Å². The lowest BCUT2D eigenvalue weighted by Crippen LogP contribution is -2.37. The van der Waals surface area contributed by atoms with Crippen LogP contribution in [0.5, 0.6) is 5.75 Å². The molecule has 0 bridgehead atoms. The van der Waals surface area contributed by atoms with Crippen molar-refractivity contribution in [2.24, 2.45) is 0 Å². The summed E-state index contributed by atoms with van der Waals surface area (Å²) in [6.45, 7) is 5.52. The minimum atomic E-state index is -0.419. The third-order valence-corrected chi connectivity index (χ3v) is 2.46. The van der Waals surface area contributed by atoms with E-state index >= 15 is 0 Å². The summed E-state index contributed by atoms with van der Waals surface area (Å²) in [6, 6.07) is 7.50. The van der Waals surface area contributed by atoms with Crippen LogP contribution in [0.1, 0.15) is 25.8 Å². The molecule has 2 N–H and O–H groups in total. The Morgan fingerprint density at radius 3 is 2.78 bits per heavy atom. The second kappa shape index (κ2) is 7.01. The molecule has 4 heteroatoms. The number of carbonyl (C=O) groups is 1. The van der Waals surface area contributed by atoms with Crippen molar-refractivity contribution in [1.82, 2.24) is 5.32 Å². The lowest BCUT2D eigenvalue weighted by Gasteiger charge is -2.15. The van der Waals surface area contributed by atoms with E-state index in [0.29, 0.717) is 12.2 Å². The van der Waals surface area contributed by atoms with Crippen LogP contribution in [0.2, 0.25) is 0 Å². The van der Waals surface area contributed by atoms with Crippen LogP contribution in [-0.4, -0.2) is 29.8 Å². The van der Waals surface area contributed by atoms with Gasteiger partial charge in [-0.25, -0.2) is 0 Å². The fraction of sp³-hybridized carbons (Fsp3) is 0.500. The highest BCUT2D eigenvalue weighted by molar-refractivity contribution is 5.77. The number of amides is 1. The molecular weight excluding hydrogens is 230 g/mol. The summed E-state index contributed by atoms with van der Waals surface area (Å²) in [5, 5.41) is 12.0. The van der Waals surface area contributed by atoms with Crippen LogP contribution in [0.15, 0.2) is 24.3 Å². The molecule has 2 atom stereocenters. The molecule has 100 valence electrons. The minimum absolute atomic E-state index is 0.00635. The maximum absolute atomic E-state index is 11.6. The Bertz CT molecular complexity index is 390. The van der Waals surface area contributed by atoms with Crippen LogP contribution < -0.4 is 10.1 Å². The van der Waals surface area contributed by atoms with Crippen molar-refractivity contribution in [1.29, 1.82) is 0 Å². The van der Waals surface area contributed by atoms with E-state index in [0.717, 1.165) is 5.56 Å². The molecule has 0 fully saturated rings. The summed E-state index contributed by atoms with van der Waals surface area (Å²) in [7, 11) is 0. The first-order valence-corrected chi connectivity index (χ1v) is 6.14. The molecule has 0 aliphatic carbocycles. The third kappa shape index (κ3) is 5.68. The standard InChI is InChI=1S/C14H21NO3/c1-10-5-4-6-13(7-10)18-9-14(17)15-11(2)8-12(3)16/h4-7,11-12,16H,8-9H2,1-3H3,(H,15,17). The van der Waals surface area contributed by atoms with E-state index in [1.807, 2.05) is 38.1 Å². The second-order valence-electron chi connectivity index (χ2n) is 4.66. The maximum Gasteiger partial charge on any atom is 0.258 e. The molecule has 0 spiro atoms. The summed E-state index contributed by atoms with van der Waals surface area (Å²) in [4.78, 5) is 11.6. The number of nitrogens with one attached hydrogen (secondary N) is 1. The Labute approximate surface area is 108 Å². The minimum Gasteiger partial charge on any atom is -0.484 e. The van der Waals surface area contributed by atoms with E-state index in [-0.39, 0.29) is 18.6 Å². The van der Waals surface area contributed by atoms with Gasteiger partial charge in [0.15, 0.2) is 6.61 Å². The van der Waals surface area contributed by atoms with Crippen molar-refractivity contribution in [2.45, 2.75) is 39.3 Å². The number of aliphatic hydroxyl groups excluding tert-OH is 1. The molecule has 0 aliphatic rings. The molecule has 0 heterocycles. The predicted molar refractivity (Wildman–Crippen MR) is 70.6 cm³/mol. The molecule has 2 unspecified atom stereocenters. The quantitative estimate of drug-likeness (QED) is 0.808. The number of carbonyl (C=O) groups excluding carboxylic acids is 1. The summed E-state index contributed by atoms with van der Waals surface area (Å²) in [5.41, 5.74) is 1.09. The van der Waals surface area contributed by atoms with E-state index in [2.05, 4.69) is 5.32 Å². The first-order chi connectivity index (χ1) is 8.47. The van der Waals surface area contributed by atoms with Crippen molar-refractivity contribution < 1.29 is 14.6 Å². The molecule has 1 aromatic carbocycles. The Morgan fingerprint density at radius 1 is 1.44 bits per heavy atom. The number of hydrogen-bond donors (Lipinski definition) is 2. The van der Waals surface area contributed by atoms with E-state index in [1.54, 1.807) is 6.92 Å². The van der Waals surface area contributed by atoms with Gasteiger partial charge in [-0.2, -0.15) is 0 Å². The van der Waals surface area contributed by atoms with Gasteiger partial charge >= 0.3 is 0 Å². The van der Waals surface area contributed by atoms with Crippen molar-refractivity contribution in [3.05, 3.63) is 29.8 Å². The van der Waals surface area contributed by atoms with Crippen molar-refractivity contribution in [3.63, 3.8) is 0 Å². The summed E-state index contributed by atoms with van der Waals surface area (Å²) in [5.74, 6) is 0.512. The molecule has 0 aromatic heterocycles. The lowest BCUT2D eigenvalue weighted by molar-refractivity contribution is -0.123. The average Bonchev–Trinajstić information content (AvgIpc) is 2.25. The molecule has 0 aliphatic heterocycles. The Hall–Kier alpha value is -1.55. The highest BCUT2D eigenvalue weighted by atomic mass is 16.5. The molecule has 18 heavy (non-hydrogen) atoms. The van der Waals surface area contributed by atoms with E-state index in [9.17, 15) is 9.90 Å². The first-order valence-electron chi connectivity index (χ1n) is 6.14. The van der Waals surface area contributed by atoms with Crippen LogP contribution in [0.25, 0.3) is 0 Å². The average molecular weight is 251 g/mol. The van der Waals surface area contributed by atoms with Gasteiger partial charge in [-0.15, -0.1) is 0 Å². The fourth-order valence-electron chi connectivity index (χ4n) is 1.74. The van der Waals surface area contributed by atoms with Crippen LogP contribution in [-0.2, 0) is 4.79 Å². The van der Waals surface area contributed by atoms with Crippen molar-refractivity contribution >= 4 is 5.91 Å². The fourth-order valence-corrected chi connectivity index (χ4v) is 1.74. The summed E-state index contributed by atoms with van der Waals surface area (Å²) < 4.78 is 5.38. The second-order valence-corrected chi connectivity index (χ2v) is 4.66. The van der Waals surface area contributed by atoms with Crippen LogP contribution in [0, 0.1) is 6.92 Å². The number of aryl methyl sites for hydroxylation is 1. The molecule has 0 radical (unpaired) electrons. The Kier molecular flexibility index (Phi) is 5.65. The highest BCUT2D eigenvalue weighted by Crippen LogP contribution is 2.11. The SMILES string of the molecule is Cc1cccc(OCC(=O)NC(C)CC(C)O)c1. The van der Waals surface area contributed by atoms with Crippen LogP contribution >= 0.6 is 0 Å². The zero-order valence-corrected chi connectivity index (χ0v) is 11.1. The Morgan fingerprint density at radius 2 is 2.17 bits per heavy atom. The van der Waals surface area contributed by atoms with Gasteiger partial charge in [0, 0.05) is 6.04 Å². The third-order valence-electron chi connectivity index (χ3n) is 2.46. The summed E-state index contributed by atoms with van der Waals surface area (Å²) in [6.07, 6.45) is 0.119. The Balaban J connectivity index is 2.33. The van der Waals surface area contributed by atoms with Gasteiger partial charge in [0.05, 0.1) is 6.10 Å². The zero-order valence-electron chi connectivity index (χ0n) is 11.1. The van der Waals surface area contributed by atoms with Crippen molar-refractivity contribution in [3.8, 4) is 5.75 Å². The smallest absolute Gasteiger partial charge is 0.258 e. The largest absolute Gasteiger partial charge is 0.484 e. The first kappa shape index (κ1) is 14.5. The van der Waals surface area contributed by atoms with E-state index in [1.165, 1.54) is 0 Å². The molecule has 4 nitrogen and oxygen atoms in total. The van der Waals surface area contributed by atoms with E-state index in [4.69, 9.17) is 4.74 Å². The summed E-state index contributed by atoms with van der Waals surface area (Å²) >= 11 is 0. The number of rotatable bonds is 6. The monoisotopic (exact) mass is 251 g/mol. The highest BCUT2D eigenvalue weighted by Gasteiger charge is 2.10. The number of benzene rings is 1. The van der Waals surface area contributed by atoms with E-state index < -0.39 is 6.10 Å². The maximum atomic E-state index is 11.6. The molecule has 0 saturated heterocycles. The lowest BCUT2D eigenvalue weighted by atomic mass is 10.1. The molecule has 1 amide bonds. The van der Waals surface area contributed by atoms with Crippen LogP contribution in [0.3, 0.4) is 0 Å². The normalized spacial score (nSPS) is 13.8. The van der Waals surface area contributed by atoms with Crippen molar-refractivity contribution in [2.75, 3.05) is 6.61 Å². The van der Waals surface area contributed by atoms with Gasteiger partial charge in [0.25, 0.3) is 5.91 Å². The van der Waals surface area contributed by atoms with Gasteiger partial charge < -0.3 is 15.2 Å². The zero-order chi connectivity index (χ0) is 13.5. The van der Waals surface area contributed by atoms with Gasteiger partial charge in [-0.3, -0.25) is 4.79 Å².